The maximum absolute atomic E-state index is 11.7. The molecule has 2 fully saturated rings. The quantitative estimate of drug-likeness (QED) is 0.795. The molecule has 16 heavy (non-hydrogen) atoms. The van der Waals surface area contributed by atoms with E-state index in [1.165, 1.54) is 19.3 Å². The van der Waals surface area contributed by atoms with E-state index >= 15 is 0 Å². The van der Waals surface area contributed by atoms with E-state index < -0.39 is 0 Å². The Morgan fingerprint density at radius 3 is 2.75 bits per heavy atom. The minimum Gasteiger partial charge on any atom is -0.352 e. The molecule has 0 aromatic heterocycles. The number of carbonyl (C=O) groups excluding carboxylic acids is 1. The van der Waals surface area contributed by atoms with Crippen LogP contribution in [0.25, 0.3) is 0 Å². The molecule has 0 radical (unpaired) electrons. The van der Waals surface area contributed by atoms with Crippen LogP contribution in [-0.2, 0) is 4.79 Å². The van der Waals surface area contributed by atoms with Crippen LogP contribution in [0.4, 0.5) is 0 Å². The van der Waals surface area contributed by atoms with Crippen molar-refractivity contribution in [3.63, 3.8) is 0 Å². The predicted molar refractivity (Wildman–Crippen MR) is 67.8 cm³/mol. The Balaban J connectivity index is 0.00000128. The van der Waals surface area contributed by atoms with Crippen LogP contribution in [0.15, 0.2) is 0 Å². The van der Waals surface area contributed by atoms with Crippen molar-refractivity contribution in [1.82, 2.24) is 10.6 Å². The molecule has 1 aliphatic heterocycles. The van der Waals surface area contributed by atoms with Gasteiger partial charge in [-0.25, -0.2) is 0 Å². The van der Waals surface area contributed by atoms with E-state index in [-0.39, 0.29) is 18.3 Å². The van der Waals surface area contributed by atoms with E-state index in [1.54, 1.807) is 0 Å². The third-order valence-electron chi connectivity index (χ3n) is 3.58. The van der Waals surface area contributed by atoms with Gasteiger partial charge in [-0.1, -0.05) is 12.8 Å². The van der Waals surface area contributed by atoms with Crippen molar-refractivity contribution in [1.29, 1.82) is 0 Å². The lowest BCUT2D eigenvalue weighted by Gasteiger charge is -2.30. The van der Waals surface area contributed by atoms with Gasteiger partial charge in [-0.15, -0.1) is 12.4 Å². The van der Waals surface area contributed by atoms with Crippen molar-refractivity contribution in [2.75, 3.05) is 6.54 Å². The molecule has 1 amide bonds. The van der Waals surface area contributed by atoms with E-state index in [0.29, 0.717) is 12.1 Å². The SMILES string of the molecule is CC1NCCCC1NC(=O)CCC1CC1.Cl. The summed E-state index contributed by atoms with van der Waals surface area (Å²) < 4.78 is 0. The molecule has 0 spiro atoms. The molecule has 0 aromatic carbocycles. The van der Waals surface area contributed by atoms with Gasteiger partial charge in [-0.3, -0.25) is 4.79 Å². The van der Waals surface area contributed by atoms with E-state index in [2.05, 4.69) is 17.6 Å². The number of carbonyl (C=O) groups is 1. The lowest BCUT2D eigenvalue weighted by Crippen LogP contribution is -2.51. The topological polar surface area (TPSA) is 41.1 Å². The average Bonchev–Trinajstić information content (AvgIpc) is 3.02. The Kier molecular flexibility index (Phi) is 5.56. The first-order valence-corrected chi connectivity index (χ1v) is 6.28. The zero-order valence-corrected chi connectivity index (χ0v) is 10.8. The Hall–Kier alpha value is -0.280. The van der Waals surface area contributed by atoms with E-state index in [9.17, 15) is 4.79 Å². The number of halogens is 1. The Morgan fingerprint density at radius 2 is 2.12 bits per heavy atom. The van der Waals surface area contributed by atoms with Crippen molar-refractivity contribution in [2.45, 2.75) is 57.5 Å². The molecule has 94 valence electrons. The monoisotopic (exact) mass is 246 g/mol. The first-order chi connectivity index (χ1) is 7.25. The smallest absolute Gasteiger partial charge is 0.220 e. The van der Waals surface area contributed by atoms with Gasteiger partial charge in [0.2, 0.25) is 5.91 Å². The molecule has 2 atom stereocenters. The number of nitrogens with one attached hydrogen (secondary N) is 2. The van der Waals surface area contributed by atoms with Crippen molar-refractivity contribution in [3.05, 3.63) is 0 Å². The van der Waals surface area contributed by atoms with E-state index in [1.807, 2.05) is 0 Å². The number of hydrogen-bond acceptors (Lipinski definition) is 2. The fourth-order valence-electron chi connectivity index (χ4n) is 2.26. The van der Waals surface area contributed by atoms with Crippen molar-refractivity contribution in [2.24, 2.45) is 5.92 Å². The van der Waals surface area contributed by atoms with E-state index in [4.69, 9.17) is 0 Å². The zero-order chi connectivity index (χ0) is 10.7. The molecular weight excluding hydrogens is 224 g/mol. The second-order valence-corrected chi connectivity index (χ2v) is 5.04. The average molecular weight is 247 g/mol. The molecule has 2 rings (SSSR count). The minimum absolute atomic E-state index is 0. The highest BCUT2D eigenvalue weighted by atomic mass is 35.5. The summed E-state index contributed by atoms with van der Waals surface area (Å²) in [6.45, 7) is 3.25. The second kappa shape index (κ2) is 6.45. The lowest BCUT2D eigenvalue weighted by atomic mass is 9.99. The van der Waals surface area contributed by atoms with Crippen LogP contribution in [-0.4, -0.2) is 24.5 Å². The summed E-state index contributed by atoms with van der Waals surface area (Å²) in [6.07, 6.45) is 6.82. The maximum Gasteiger partial charge on any atom is 0.220 e. The summed E-state index contributed by atoms with van der Waals surface area (Å²) >= 11 is 0. The Labute approximate surface area is 104 Å². The molecule has 1 saturated heterocycles. The molecule has 1 aliphatic carbocycles. The second-order valence-electron chi connectivity index (χ2n) is 5.04. The molecule has 1 heterocycles. The number of hydrogen-bond donors (Lipinski definition) is 2. The first-order valence-electron chi connectivity index (χ1n) is 6.28. The van der Waals surface area contributed by atoms with Crippen LogP contribution in [0.1, 0.15) is 45.4 Å². The normalized spacial score (nSPS) is 29.3. The van der Waals surface area contributed by atoms with Gasteiger partial charge in [0.25, 0.3) is 0 Å². The highest BCUT2D eigenvalue weighted by molar-refractivity contribution is 5.85. The summed E-state index contributed by atoms with van der Waals surface area (Å²) in [7, 11) is 0. The van der Waals surface area contributed by atoms with Crippen molar-refractivity contribution in [3.8, 4) is 0 Å². The number of piperidine rings is 1. The largest absolute Gasteiger partial charge is 0.352 e. The third kappa shape index (κ3) is 4.30. The standard InChI is InChI=1S/C12H22N2O.ClH/c1-9-11(3-2-8-13-9)14-12(15)7-6-10-4-5-10;/h9-11,13H,2-8H2,1H3,(H,14,15);1H. The lowest BCUT2D eigenvalue weighted by molar-refractivity contribution is -0.122. The molecule has 3 nitrogen and oxygen atoms in total. The van der Waals surface area contributed by atoms with Gasteiger partial charge in [0.15, 0.2) is 0 Å². The Bertz CT molecular complexity index is 231. The van der Waals surface area contributed by atoms with Gasteiger partial charge in [0.1, 0.15) is 0 Å². The van der Waals surface area contributed by atoms with Crippen LogP contribution >= 0.6 is 12.4 Å². The van der Waals surface area contributed by atoms with Crippen LogP contribution < -0.4 is 10.6 Å². The summed E-state index contributed by atoms with van der Waals surface area (Å²) in [5, 5.41) is 6.55. The highest BCUT2D eigenvalue weighted by Crippen LogP contribution is 2.33. The van der Waals surface area contributed by atoms with Gasteiger partial charge in [-0.05, 0) is 38.6 Å². The van der Waals surface area contributed by atoms with Crippen LogP contribution in [0.5, 0.6) is 0 Å². The van der Waals surface area contributed by atoms with Gasteiger partial charge in [-0.2, -0.15) is 0 Å². The van der Waals surface area contributed by atoms with Gasteiger partial charge >= 0.3 is 0 Å². The van der Waals surface area contributed by atoms with Crippen LogP contribution in [0, 0.1) is 5.92 Å². The molecule has 0 bridgehead atoms. The molecule has 4 heteroatoms. The Morgan fingerprint density at radius 1 is 1.38 bits per heavy atom. The number of rotatable bonds is 4. The summed E-state index contributed by atoms with van der Waals surface area (Å²) in [5.74, 6) is 1.11. The molecular formula is C12H23ClN2O. The first kappa shape index (κ1) is 13.8. The van der Waals surface area contributed by atoms with Crippen molar-refractivity contribution < 1.29 is 4.79 Å². The fourth-order valence-corrected chi connectivity index (χ4v) is 2.26. The van der Waals surface area contributed by atoms with Gasteiger partial charge in [0, 0.05) is 18.5 Å². The highest BCUT2D eigenvalue weighted by Gasteiger charge is 2.24. The third-order valence-corrected chi connectivity index (χ3v) is 3.58. The summed E-state index contributed by atoms with van der Waals surface area (Å²) in [5.41, 5.74) is 0. The number of amides is 1. The molecule has 2 aliphatic rings. The van der Waals surface area contributed by atoms with Gasteiger partial charge < -0.3 is 10.6 Å². The molecule has 2 N–H and O–H groups in total. The van der Waals surface area contributed by atoms with Gasteiger partial charge in [0.05, 0.1) is 0 Å². The fraction of sp³-hybridized carbons (Fsp3) is 0.917. The van der Waals surface area contributed by atoms with Crippen LogP contribution in [0.3, 0.4) is 0 Å². The molecule has 2 unspecified atom stereocenters. The maximum atomic E-state index is 11.7. The predicted octanol–water partition coefficient (Wildman–Crippen LogP) is 1.86. The minimum atomic E-state index is 0. The zero-order valence-electron chi connectivity index (χ0n) is 10.00. The molecule has 1 saturated carbocycles. The van der Waals surface area contributed by atoms with Crippen molar-refractivity contribution >= 4 is 18.3 Å². The van der Waals surface area contributed by atoms with E-state index in [0.717, 1.165) is 31.7 Å². The molecule has 0 aromatic rings. The summed E-state index contributed by atoms with van der Waals surface area (Å²) in [6, 6.07) is 0.786. The van der Waals surface area contributed by atoms with Crippen LogP contribution in [0.2, 0.25) is 0 Å². The summed E-state index contributed by atoms with van der Waals surface area (Å²) in [4.78, 5) is 11.7.